The third kappa shape index (κ3) is 3.91. The number of nitrogens with zero attached hydrogens (tertiary/aromatic N) is 1. The summed E-state index contributed by atoms with van der Waals surface area (Å²) < 4.78 is 26.2. The summed E-state index contributed by atoms with van der Waals surface area (Å²) in [7, 11) is 0.0936. The maximum absolute atomic E-state index is 12.2. The number of likely N-dealkylation sites (N-methyl/N-ethyl adjacent to an activating group) is 2. The van der Waals surface area contributed by atoms with Crippen LogP contribution in [0, 0.1) is 0 Å². The number of nitrogens with one attached hydrogen (secondary N) is 1. The number of sulfonamides is 1. The van der Waals surface area contributed by atoms with Crippen LogP contribution < -0.4 is 5.32 Å². The van der Waals surface area contributed by atoms with Gasteiger partial charge in [-0.15, -0.1) is 11.3 Å². The summed E-state index contributed by atoms with van der Waals surface area (Å²) in [5, 5.41) is 3.05. The smallest absolute Gasteiger partial charge is 0.252 e. The van der Waals surface area contributed by atoms with Gasteiger partial charge >= 0.3 is 0 Å². The third-order valence-corrected chi connectivity index (χ3v) is 5.83. The Kier molecular flexibility index (Phi) is 5.52. The van der Waals surface area contributed by atoms with Gasteiger partial charge in [-0.25, -0.2) is 8.42 Å². The minimum absolute atomic E-state index is 0.353. The maximum atomic E-state index is 12.2. The number of rotatable bonds is 7. The Labute approximate surface area is 113 Å². The van der Waals surface area contributed by atoms with Crippen LogP contribution in [0.1, 0.15) is 11.8 Å². The van der Waals surface area contributed by atoms with E-state index in [1.165, 1.54) is 15.6 Å². The first kappa shape index (κ1) is 15.4. The molecule has 0 atom stereocenters. The molecule has 0 aliphatic carbocycles. The van der Waals surface area contributed by atoms with Gasteiger partial charge in [0.15, 0.2) is 0 Å². The molecule has 0 radical (unpaired) electrons. The molecule has 1 heterocycles. The molecule has 0 aliphatic heterocycles. The van der Waals surface area contributed by atoms with Crippen molar-refractivity contribution in [3.8, 4) is 0 Å². The van der Waals surface area contributed by atoms with Gasteiger partial charge in [-0.2, -0.15) is 4.31 Å². The van der Waals surface area contributed by atoms with Crippen molar-refractivity contribution in [2.45, 2.75) is 17.6 Å². The van der Waals surface area contributed by atoms with Crippen LogP contribution in [0.4, 0.5) is 0 Å². The van der Waals surface area contributed by atoms with Gasteiger partial charge in [-0.3, -0.25) is 0 Å². The largest absolute Gasteiger partial charge is 0.319 e. The lowest BCUT2D eigenvalue weighted by molar-refractivity contribution is 0.495. The average molecular weight is 288 g/mol. The number of hydrogen-bond donors (Lipinski definition) is 1. The quantitative estimate of drug-likeness (QED) is 0.777. The zero-order valence-electron chi connectivity index (χ0n) is 11.1. The highest BCUT2D eigenvalue weighted by Gasteiger charge is 2.22. The van der Waals surface area contributed by atoms with E-state index in [4.69, 9.17) is 0 Å². The Bertz CT molecular complexity index is 506. The van der Waals surface area contributed by atoms with E-state index in [0.29, 0.717) is 10.8 Å². The predicted octanol–water partition coefficient (Wildman–Crippen LogP) is 1.71. The van der Waals surface area contributed by atoms with E-state index in [1.807, 2.05) is 20.0 Å². The van der Waals surface area contributed by atoms with Crippen molar-refractivity contribution in [3.63, 3.8) is 0 Å². The van der Waals surface area contributed by atoms with Crippen LogP contribution in [0.2, 0.25) is 0 Å². The van der Waals surface area contributed by atoms with Crippen molar-refractivity contribution in [3.05, 3.63) is 29.2 Å². The number of hydrogen-bond acceptors (Lipinski definition) is 4. The zero-order chi connectivity index (χ0) is 13.8. The Morgan fingerprint density at radius 2 is 2.17 bits per heavy atom. The maximum Gasteiger partial charge on any atom is 0.252 e. The highest BCUT2D eigenvalue weighted by molar-refractivity contribution is 7.91. The molecule has 0 aliphatic rings. The van der Waals surface area contributed by atoms with Gasteiger partial charge < -0.3 is 5.32 Å². The molecule has 0 unspecified atom stereocenters. The van der Waals surface area contributed by atoms with Gasteiger partial charge in [0.1, 0.15) is 4.21 Å². The normalized spacial score (nSPS) is 12.0. The molecule has 0 aromatic carbocycles. The van der Waals surface area contributed by atoms with E-state index in [0.717, 1.165) is 23.4 Å². The monoisotopic (exact) mass is 288 g/mol. The van der Waals surface area contributed by atoms with Crippen molar-refractivity contribution < 1.29 is 8.42 Å². The second-order valence-corrected chi connectivity index (χ2v) is 7.73. The summed E-state index contributed by atoms with van der Waals surface area (Å²) in [6.07, 6.45) is 0.848. The first-order valence-corrected chi connectivity index (χ1v) is 7.97. The fraction of sp³-hybridized carbons (Fsp3) is 0.500. The van der Waals surface area contributed by atoms with E-state index in [2.05, 4.69) is 11.9 Å². The Hall–Kier alpha value is -0.690. The van der Waals surface area contributed by atoms with Crippen molar-refractivity contribution in [1.82, 2.24) is 9.62 Å². The van der Waals surface area contributed by atoms with E-state index in [-0.39, 0.29) is 0 Å². The Balaban J connectivity index is 2.85. The van der Waals surface area contributed by atoms with Gasteiger partial charge in [-0.05, 0) is 39.1 Å². The second-order valence-electron chi connectivity index (χ2n) is 4.29. The number of thiophene rings is 1. The molecule has 0 saturated heterocycles. The van der Waals surface area contributed by atoms with Crippen LogP contribution in [0.15, 0.2) is 28.5 Å². The molecule has 1 rings (SSSR count). The van der Waals surface area contributed by atoms with Crippen LogP contribution in [0.5, 0.6) is 0 Å². The van der Waals surface area contributed by atoms with Gasteiger partial charge in [0, 0.05) is 18.5 Å². The van der Waals surface area contributed by atoms with E-state index in [1.54, 1.807) is 13.1 Å². The summed E-state index contributed by atoms with van der Waals surface area (Å²) in [4.78, 5) is 1.08. The van der Waals surface area contributed by atoms with Crippen LogP contribution in [0.3, 0.4) is 0 Å². The minimum Gasteiger partial charge on any atom is -0.319 e. The SMILES string of the molecule is C=C(C)CN(C)S(=O)(=O)c1ccc(CCNC)s1. The molecular formula is C12H20N2O2S2. The lowest BCUT2D eigenvalue weighted by Crippen LogP contribution is -2.27. The molecule has 102 valence electrons. The van der Waals surface area contributed by atoms with Crippen molar-refractivity contribution in [1.29, 1.82) is 0 Å². The van der Waals surface area contributed by atoms with Crippen molar-refractivity contribution in [2.75, 3.05) is 27.2 Å². The average Bonchev–Trinajstić information content (AvgIpc) is 2.74. The lowest BCUT2D eigenvalue weighted by atomic mass is 10.3. The minimum atomic E-state index is -3.37. The van der Waals surface area contributed by atoms with Gasteiger partial charge in [0.05, 0.1) is 0 Å². The highest BCUT2D eigenvalue weighted by Crippen LogP contribution is 2.24. The standard InChI is InChI=1S/C12H20N2O2S2/c1-10(2)9-14(4)18(15,16)12-6-5-11(17-12)7-8-13-3/h5-6,13H,1,7-9H2,2-4H3. The summed E-state index contributed by atoms with van der Waals surface area (Å²) in [5.41, 5.74) is 0.827. The molecule has 0 saturated carbocycles. The molecule has 0 fully saturated rings. The summed E-state index contributed by atoms with van der Waals surface area (Å²) in [6, 6.07) is 3.56. The highest BCUT2D eigenvalue weighted by atomic mass is 32.2. The summed E-state index contributed by atoms with van der Waals surface area (Å²) in [5.74, 6) is 0. The van der Waals surface area contributed by atoms with Gasteiger partial charge in [-0.1, -0.05) is 12.2 Å². The van der Waals surface area contributed by atoms with E-state index in [9.17, 15) is 8.42 Å². The molecule has 1 aromatic rings. The summed E-state index contributed by atoms with van der Waals surface area (Å²) in [6.45, 7) is 6.76. The molecule has 0 amide bonds. The van der Waals surface area contributed by atoms with Crippen LogP contribution in [-0.4, -0.2) is 39.9 Å². The van der Waals surface area contributed by atoms with Gasteiger partial charge in [0.25, 0.3) is 10.0 Å². The van der Waals surface area contributed by atoms with Crippen LogP contribution >= 0.6 is 11.3 Å². The molecule has 18 heavy (non-hydrogen) atoms. The fourth-order valence-corrected chi connectivity index (χ4v) is 4.29. The van der Waals surface area contributed by atoms with Crippen LogP contribution in [-0.2, 0) is 16.4 Å². The van der Waals surface area contributed by atoms with Crippen molar-refractivity contribution in [2.24, 2.45) is 0 Å². The Morgan fingerprint density at radius 1 is 1.50 bits per heavy atom. The first-order valence-electron chi connectivity index (χ1n) is 5.72. The first-order chi connectivity index (χ1) is 8.37. The topological polar surface area (TPSA) is 49.4 Å². The molecule has 0 bridgehead atoms. The molecule has 1 N–H and O–H groups in total. The lowest BCUT2D eigenvalue weighted by Gasteiger charge is -2.15. The molecule has 6 heteroatoms. The summed E-state index contributed by atoms with van der Waals surface area (Å²) >= 11 is 1.34. The predicted molar refractivity (Wildman–Crippen MR) is 76.6 cm³/mol. The van der Waals surface area contributed by atoms with Gasteiger partial charge in [0.2, 0.25) is 0 Å². The third-order valence-electron chi connectivity index (χ3n) is 2.42. The second kappa shape index (κ2) is 6.47. The van der Waals surface area contributed by atoms with Crippen LogP contribution in [0.25, 0.3) is 0 Å². The Morgan fingerprint density at radius 3 is 2.72 bits per heavy atom. The molecule has 1 aromatic heterocycles. The molecular weight excluding hydrogens is 268 g/mol. The van der Waals surface area contributed by atoms with E-state index < -0.39 is 10.0 Å². The van der Waals surface area contributed by atoms with Crippen molar-refractivity contribution >= 4 is 21.4 Å². The molecule has 0 spiro atoms. The zero-order valence-corrected chi connectivity index (χ0v) is 12.7. The van der Waals surface area contributed by atoms with E-state index >= 15 is 0 Å². The molecule has 4 nitrogen and oxygen atoms in total. The fourth-order valence-electron chi connectivity index (χ4n) is 1.50.